The van der Waals surface area contributed by atoms with Crippen molar-refractivity contribution < 1.29 is 27.8 Å². The third kappa shape index (κ3) is 12.8. The Morgan fingerprint density at radius 1 is 0.622 bits per heavy atom. The molecule has 0 saturated heterocycles. The first kappa shape index (κ1) is 57.8. The summed E-state index contributed by atoms with van der Waals surface area (Å²) >= 11 is 0. The number of benzene rings is 4. The molecule has 0 saturated carbocycles. The van der Waals surface area contributed by atoms with Crippen molar-refractivity contribution >= 4 is 79.6 Å². The summed E-state index contributed by atoms with van der Waals surface area (Å²) < 4.78 is 45.0. The molecule has 10 rings (SSSR count). The van der Waals surface area contributed by atoms with Crippen LogP contribution in [0.15, 0.2) is 123 Å². The molecule has 428 valence electrons. The molecule has 4 aromatic heterocycles. The second-order valence-corrected chi connectivity index (χ2v) is 21.0. The van der Waals surface area contributed by atoms with E-state index in [1.807, 2.05) is 100 Å². The van der Waals surface area contributed by atoms with Crippen LogP contribution in [0.3, 0.4) is 0 Å². The third-order valence-corrected chi connectivity index (χ3v) is 14.8. The van der Waals surface area contributed by atoms with E-state index >= 15 is 0 Å². The van der Waals surface area contributed by atoms with Crippen LogP contribution in [0, 0.1) is 0 Å². The van der Waals surface area contributed by atoms with Gasteiger partial charge < -0.3 is 59.5 Å². The zero-order chi connectivity index (χ0) is 58.2. The SMILES string of the molecule is C=CC(=O)Nc1cc(Nc2nccc(-c3c4n(c5ccccc35)CCC(F)(F)C4)n2)c(OC)cc1N(C)CCN(C)C.C=CC(=O)Nc1cc(Nc2nccc(-c3c4n(c5ccccc35)CCCC4)n2)c(OC)cc1N(C)CCN(C)C. The maximum Gasteiger partial charge on any atom is 0.255 e. The van der Waals surface area contributed by atoms with E-state index in [9.17, 15) is 18.4 Å². The minimum atomic E-state index is -2.78. The fraction of sp³-hybridized carbons (Fsp3) is 0.323. The minimum absolute atomic E-state index is 0.195. The maximum atomic E-state index is 14.6. The largest absolute Gasteiger partial charge is 0.494 e. The smallest absolute Gasteiger partial charge is 0.255 e. The average Bonchev–Trinajstić information content (AvgIpc) is 4.04. The van der Waals surface area contributed by atoms with E-state index in [1.54, 1.807) is 38.7 Å². The monoisotopic (exact) mass is 1110 g/mol. The lowest BCUT2D eigenvalue weighted by molar-refractivity contribution is -0.112. The molecule has 0 unspecified atom stereocenters. The summed E-state index contributed by atoms with van der Waals surface area (Å²) in [6.07, 6.45) is 8.68. The molecule has 0 atom stereocenters. The molecule has 2 amide bonds. The highest BCUT2D eigenvalue weighted by Gasteiger charge is 2.37. The highest BCUT2D eigenvalue weighted by molar-refractivity contribution is 6.04. The molecule has 2 aliphatic rings. The molecule has 8 aromatic rings. The molecule has 82 heavy (non-hydrogen) atoms. The number of carbonyl (C=O) groups is 2. The number of methoxy groups -OCH3 is 2. The minimum Gasteiger partial charge on any atom is -0.494 e. The van der Waals surface area contributed by atoms with Crippen LogP contribution in [0.1, 0.15) is 30.7 Å². The van der Waals surface area contributed by atoms with Crippen molar-refractivity contribution in [1.82, 2.24) is 38.9 Å². The van der Waals surface area contributed by atoms with E-state index < -0.39 is 5.92 Å². The van der Waals surface area contributed by atoms with Crippen molar-refractivity contribution in [2.24, 2.45) is 0 Å². The third-order valence-electron chi connectivity index (χ3n) is 14.8. The predicted molar refractivity (Wildman–Crippen MR) is 326 cm³/mol. The van der Waals surface area contributed by atoms with Gasteiger partial charge in [0.1, 0.15) is 11.5 Å². The van der Waals surface area contributed by atoms with Crippen LogP contribution in [0.5, 0.6) is 11.5 Å². The molecule has 18 nitrogen and oxygen atoms in total. The summed E-state index contributed by atoms with van der Waals surface area (Å²) in [5.41, 5.74) is 11.3. The number of ether oxygens (including phenoxy) is 2. The maximum absolute atomic E-state index is 14.6. The fourth-order valence-corrected chi connectivity index (χ4v) is 10.6. The van der Waals surface area contributed by atoms with Crippen molar-refractivity contribution in [2.75, 3.05) is 114 Å². The molecular formula is C62H72F2N14O4. The second kappa shape index (κ2) is 25.3. The molecule has 0 fully saturated rings. The van der Waals surface area contributed by atoms with Gasteiger partial charge in [0.05, 0.1) is 66.2 Å². The van der Waals surface area contributed by atoms with Gasteiger partial charge in [-0.3, -0.25) is 9.59 Å². The molecule has 20 heteroatoms. The molecule has 0 spiro atoms. The van der Waals surface area contributed by atoms with Gasteiger partial charge in [0.25, 0.3) is 5.92 Å². The lowest BCUT2D eigenvalue weighted by atomic mass is 10.00. The molecule has 0 aliphatic carbocycles. The number of likely N-dealkylation sites (N-methyl/N-ethyl adjacent to an activating group) is 4. The Labute approximate surface area is 477 Å². The second-order valence-electron chi connectivity index (χ2n) is 21.0. The Kier molecular flexibility index (Phi) is 17.8. The van der Waals surface area contributed by atoms with E-state index in [4.69, 9.17) is 19.4 Å². The number of anilines is 8. The Morgan fingerprint density at radius 3 is 1.55 bits per heavy atom. The number of carbonyl (C=O) groups excluding carboxylic acids is 2. The zero-order valence-corrected chi connectivity index (χ0v) is 47.9. The van der Waals surface area contributed by atoms with E-state index in [2.05, 4.69) is 87.9 Å². The van der Waals surface area contributed by atoms with Crippen LogP contribution in [-0.2, 0) is 35.5 Å². The highest BCUT2D eigenvalue weighted by atomic mass is 19.3. The van der Waals surface area contributed by atoms with E-state index in [-0.39, 0.29) is 37.1 Å². The molecule has 0 bridgehead atoms. The van der Waals surface area contributed by atoms with Crippen LogP contribution in [-0.4, -0.2) is 139 Å². The number of amides is 2. The van der Waals surface area contributed by atoms with Gasteiger partial charge in [-0.2, -0.15) is 0 Å². The van der Waals surface area contributed by atoms with Crippen molar-refractivity contribution in [3.8, 4) is 34.0 Å². The first-order valence-electron chi connectivity index (χ1n) is 27.3. The normalized spacial score (nSPS) is 13.4. The summed E-state index contributed by atoms with van der Waals surface area (Å²) in [6.45, 7) is 11.6. The van der Waals surface area contributed by atoms with E-state index in [0.29, 0.717) is 63.7 Å². The van der Waals surface area contributed by atoms with E-state index in [0.717, 1.165) is 60.6 Å². The number of aromatic nitrogens is 6. The lowest BCUT2D eigenvalue weighted by Crippen LogP contribution is -2.29. The van der Waals surface area contributed by atoms with Gasteiger partial charge in [-0.25, -0.2) is 28.7 Å². The Balaban J connectivity index is 0.000000198. The number of halogens is 2. The standard InChI is InChI=1S/C31H35F2N7O2.C31H37N7O2/c1-6-28(41)35-22-17-23(27(42-5)18-25(22)39(4)16-15-38(2)3)37-30-34-13-11-21(36-30)29-20-9-7-8-10-24(20)40-14-12-31(32,33)19-26(29)40;1-6-29(39)33-23-19-24(28(40-5)20-27(23)37(4)18-17-36(2)3)35-31-32-15-14-22(34-31)30-21-11-7-8-12-25(21)38-16-10-9-13-26(30)38/h6-11,13,17-18H,1,12,14-16,19H2,2-5H3,(H,35,41)(H,34,36,37);6-8,11-12,14-15,19-20H,1,9-10,13,16-18H2,2-5H3,(H,33,39)(H,32,34,35). The van der Waals surface area contributed by atoms with Crippen LogP contribution < -0.4 is 40.5 Å². The number of nitrogens with zero attached hydrogens (tertiary/aromatic N) is 10. The number of hydrogen-bond acceptors (Lipinski definition) is 14. The van der Waals surface area contributed by atoms with Gasteiger partial charge >= 0.3 is 0 Å². The molecule has 4 aromatic carbocycles. The quantitative estimate of drug-likeness (QED) is 0.0531. The van der Waals surface area contributed by atoms with Gasteiger partial charge in [0.2, 0.25) is 23.7 Å². The van der Waals surface area contributed by atoms with Gasteiger partial charge in [-0.05, 0) is 96.0 Å². The number of rotatable bonds is 20. The Morgan fingerprint density at radius 2 is 1.09 bits per heavy atom. The van der Waals surface area contributed by atoms with Gasteiger partial charge in [-0.15, -0.1) is 0 Å². The lowest BCUT2D eigenvalue weighted by Gasteiger charge is -2.26. The fourth-order valence-electron chi connectivity index (χ4n) is 10.6. The molecule has 4 N–H and O–H groups in total. The van der Waals surface area contributed by atoms with Gasteiger partial charge in [0, 0.05) is 129 Å². The van der Waals surface area contributed by atoms with Gasteiger partial charge in [-0.1, -0.05) is 49.6 Å². The number of hydrogen-bond donors (Lipinski definition) is 4. The topological polar surface area (TPSA) is 175 Å². The average molecular weight is 1120 g/mol. The van der Waals surface area contributed by atoms with E-state index in [1.165, 1.54) is 47.2 Å². The summed E-state index contributed by atoms with van der Waals surface area (Å²) in [5, 5.41) is 14.5. The molecule has 2 aliphatic heterocycles. The molecular weight excluding hydrogens is 1040 g/mol. The summed E-state index contributed by atoms with van der Waals surface area (Å²) in [7, 11) is 15.2. The summed E-state index contributed by atoms with van der Waals surface area (Å²) in [5.74, 6) is -1.59. The van der Waals surface area contributed by atoms with Crippen LogP contribution >= 0.6 is 0 Å². The summed E-state index contributed by atoms with van der Waals surface area (Å²) in [6, 6.07) is 27.3. The van der Waals surface area contributed by atoms with Crippen molar-refractivity contribution in [3.05, 3.63) is 134 Å². The van der Waals surface area contributed by atoms with Crippen LogP contribution in [0.2, 0.25) is 0 Å². The zero-order valence-electron chi connectivity index (χ0n) is 47.9. The van der Waals surface area contributed by atoms with Crippen LogP contribution in [0.25, 0.3) is 44.3 Å². The Bertz CT molecular complexity index is 3650. The van der Waals surface area contributed by atoms with Crippen LogP contribution in [0.4, 0.5) is 54.8 Å². The summed E-state index contributed by atoms with van der Waals surface area (Å²) in [4.78, 5) is 51.5. The van der Waals surface area contributed by atoms with Gasteiger partial charge in [0.15, 0.2) is 0 Å². The number of nitrogens with one attached hydrogen (secondary N) is 4. The van der Waals surface area contributed by atoms with Crippen molar-refractivity contribution in [2.45, 2.75) is 51.1 Å². The molecule has 6 heterocycles. The number of alkyl halides is 2. The predicted octanol–water partition coefficient (Wildman–Crippen LogP) is 10.9. The van der Waals surface area contributed by atoms with Crippen molar-refractivity contribution in [3.63, 3.8) is 0 Å². The number of aryl methyl sites for hydroxylation is 2. The number of fused-ring (bicyclic) bond motifs is 6. The first-order valence-corrected chi connectivity index (χ1v) is 27.3. The Hall–Kier alpha value is -8.88. The number of para-hydroxylation sites is 2. The first-order chi connectivity index (χ1) is 39.5. The highest BCUT2D eigenvalue weighted by Crippen LogP contribution is 2.44. The van der Waals surface area contributed by atoms with Crippen molar-refractivity contribution in [1.29, 1.82) is 0 Å². The molecule has 0 radical (unpaired) electrons.